The molecule has 5 rings (SSSR count). The van der Waals surface area contributed by atoms with Crippen molar-refractivity contribution in [2.75, 3.05) is 0 Å². The van der Waals surface area contributed by atoms with Crippen LogP contribution in [-0.4, -0.2) is 14.6 Å². The normalized spacial score (nSPS) is 10.9. The topological polar surface area (TPSA) is 30.2 Å². The van der Waals surface area contributed by atoms with Gasteiger partial charge in [0.05, 0.1) is 17.1 Å². The zero-order valence-electron chi connectivity index (χ0n) is 16.6. The van der Waals surface area contributed by atoms with Gasteiger partial charge in [-0.15, -0.1) is 6.58 Å². The zero-order valence-corrected chi connectivity index (χ0v) is 16.6. The molecule has 0 N–H and O–H groups in total. The summed E-state index contributed by atoms with van der Waals surface area (Å²) in [6.45, 7) is 4.00. The van der Waals surface area contributed by atoms with Crippen LogP contribution in [0.25, 0.3) is 39.4 Å². The summed E-state index contributed by atoms with van der Waals surface area (Å²) in [7, 11) is 0. The minimum atomic E-state index is 0.706. The maximum absolute atomic E-state index is 5.05. The Kier molecular flexibility index (Phi) is 4.70. The van der Waals surface area contributed by atoms with E-state index in [9.17, 15) is 0 Å². The molecular formula is C27H21N3. The minimum absolute atomic E-state index is 0.706. The zero-order chi connectivity index (χ0) is 20.3. The Labute approximate surface area is 176 Å². The molecular weight excluding hydrogens is 366 g/mol. The second-order valence-electron chi connectivity index (χ2n) is 7.18. The van der Waals surface area contributed by atoms with Gasteiger partial charge < -0.3 is 0 Å². The number of benzene rings is 3. The smallest absolute Gasteiger partial charge is 0.157 e. The van der Waals surface area contributed by atoms with E-state index in [4.69, 9.17) is 10.1 Å². The number of fused-ring (bicyclic) bond motifs is 1. The third-order valence-corrected chi connectivity index (χ3v) is 5.21. The Morgan fingerprint density at radius 1 is 0.733 bits per heavy atom. The van der Waals surface area contributed by atoms with Gasteiger partial charge in [0.2, 0.25) is 0 Å². The molecule has 0 amide bonds. The van der Waals surface area contributed by atoms with E-state index in [1.54, 1.807) is 0 Å². The van der Waals surface area contributed by atoms with Crippen LogP contribution in [0.1, 0.15) is 5.56 Å². The molecule has 3 nitrogen and oxygen atoms in total. The lowest BCUT2D eigenvalue weighted by atomic mass is 9.97. The van der Waals surface area contributed by atoms with Crippen molar-refractivity contribution in [3.8, 4) is 33.8 Å². The van der Waals surface area contributed by atoms with Crippen LogP contribution in [0.3, 0.4) is 0 Å². The Morgan fingerprint density at radius 3 is 1.90 bits per heavy atom. The summed E-state index contributed by atoms with van der Waals surface area (Å²) in [6, 6.07) is 33.0. The Balaban J connectivity index is 1.87. The molecule has 0 saturated heterocycles. The molecule has 3 heteroatoms. The van der Waals surface area contributed by atoms with Crippen LogP contribution in [0, 0.1) is 0 Å². The van der Waals surface area contributed by atoms with Gasteiger partial charge in [0.25, 0.3) is 0 Å². The molecule has 3 aromatic carbocycles. The highest BCUT2D eigenvalue weighted by Crippen LogP contribution is 2.34. The molecule has 0 unspecified atom stereocenters. The minimum Gasteiger partial charge on any atom is -0.228 e. The van der Waals surface area contributed by atoms with Crippen LogP contribution >= 0.6 is 0 Å². The molecule has 2 heterocycles. The van der Waals surface area contributed by atoms with Crippen molar-refractivity contribution in [1.29, 1.82) is 0 Å². The molecule has 0 spiro atoms. The van der Waals surface area contributed by atoms with Crippen molar-refractivity contribution in [3.05, 3.63) is 115 Å². The molecule has 0 bridgehead atoms. The molecule has 0 aliphatic rings. The fraction of sp³-hybridized carbons (Fsp3) is 0.0370. The van der Waals surface area contributed by atoms with Gasteiger partial charge in [-0.05, 0) is 6.42 Å². The summed E-state index contributed by atoms with van der Waals surface area (Å²) in [6.07, 6.45) is 2.64. The molecule has 5 aromatic rings. The molecule has 0 aliphatic heterocycles. The number of hydrogen-bond acceptors (Lipinski definition) is 2. The van der Waals surface area contributed by atoms with E-state index < -0.39 is 0 Å². The summed E-state index contributed by atoms with van der Waals surface area (Å²) >= 11 is 0. The first-order valence-electron chi connectivity index (χ1n) is 10.0. The van der Waals surface area contributed by atoms with E-state index in [0.717, 1.165) is 45.0 Å². The summed E-state index contributed by atoms with van der Waals surface area (Å²) < 4.78 is 1.98. The lowest BCUT2D eigenvalue weighted by Gasteiger charge is -2.15. The molecule has 0 saturated carbocycles. The van der Waals surface area contributed by atoms with E-state index in [0.29, 0.717) is 6.42 Å². The Morgan fingerprint density at radius 2 is 1.30 bits per heavy atom. The molecule has 0 aliphatic carbocycles. The third-order valence-electron chi connectivity index (χ3n) is 5.21. The van der Waals surface area contributed by atoms with E-state index in [1.165, 1.54) is 0 Å². The fourth-order valence-corrected chi connectivity index (χ4v) is 3.85. The van der Waals surface area contributed by atoms with E-state index in [-0.39, 0.29) is 0 Å². The molecule has 0 atom stereocenters. The first kappa shape index (κ1) is 18.1. The third kappa shape index (κ3) is 3.20. The number of nitrogens with zero attached hydrogens (tertiary/aromatic N) is 3. The van der Waals surface area contributed by atoms with Gasteiger partial charge in [-0.1, -0.05) is 97.1 Å². The van der Waals surface area contributed by atoms with Gasteiger partial charge in [0.15, 0.2) is 5.65 Å². The van der Waals surface area contributed by atoms with Crippen molar-refractivity contribution in [2.45, 2.75) is 6.42 Å². The van der Waals surface area contributed by atoms with Crippen molar-refractivity contribution < 1.29 is 0 Å². The monoisotopic (exact) mass is 387 g/mol. The van der Waals surface area contributed by atoms with Gasteiger partial charge in [-0.3, -0.25) is 0 Å². The van der Waals surface area contributed by atoms with Crippen LogP contribution < -0.4 is 0 Å². The predicted molar refractivity (Wildman–Crippen MR) is 123 cm³/mol. The molecule has 0 fully saturated rings. The summed E-state index contributed by atoms with van der Waals surface area (Å²) in [4.78, 5) is 5.05. The van der Waals surface area contributed by atoms with Crippen molar-refractivity contribution >= 4 is 5.65 Å². The molecule has 0 radical (unpaired) electrons. The van der Waals surface area contributed by atoms with Crippen LogP contribution in [0.2, 0.25) is 0 Å². The number of aromatic nitrogens is 3. The van der Waals surface area contributed by atoms with Gasteiger partial charge in [-0.2, -0.15) is 5.10 Å². The molecule has 2 aromatic heterocycles. The second kappa shape index (κ2) is 7.80. The Bertz CT molecular complexity index is 1300. The second-order valence-corrected chi connectivity index (χ2v) is 7.18. The van der Waals surface area contributed by atoms with Gasteiger partial charge in [0.1, 0.15) is 0 Å². The van der Waals surface area contributed by atoms with E-state index in [2.05, 4.69) is 61.2 Å². The van der Waals surface area contributed by atoms with Crippen LogP contribution in [0.15, 0.2) is 110 Å². The SMILES string of the molecule is C=CCc1c(-c2ccccc2)nc2cc(-c3ccccc3)nn2c1-c1ccccc1. The maximum Gasteiger partial charge on any atom is 0.157 e. The summed E-state index contributed by atoms with van der Waals surface area (Å²) in [5, 5.41) is 4.96. The molecule has 30 heavy (non-hydrogen) atoms. The van der Waals surface area contributed by atoms with Crippen molar-refractivity contribution in [3.63, 3.8) is 0 Å². The van der Waals surface area contributed by atoms with Crippen LogP contribution in [0.4, 0.5) is 0 Å². The number of allylic oxidation sites excluding steroid dienone is 1. The van der Waals surface area contributed by atoms with Gasteiger partial charge in [0, 0.05) is 28.3 Å². The molecule has 144 valence electrons. The first-order chi connectivity index (χ1) is 14.8. The highest BCUT2D eigenvalue weighted by atomic mass is 15.3. The van der Waals surface area contributed by atoms with Gasteiger partial charge >= 0.3 is 0 Å². The average Bonchev–Trinajstić information content (AvgIpc) is 3.24. The average molecular weight is 387 g/mol. The lowest BCUT2D eigenvalue weighted by Crippen LogP contribution is -2.05. The van der Waals surface area contributed by atoms with Gasteiger partial charge in [-0.25, -0.2) is 9.50 Å². The lowest BCUT2D eigenvalue weighted by molar-refractivity contribution is 0.935. The van der Waals surface area contributed by atoms with Crippen LogP contribution in [-0.2, 0) is 6.42 Å². The van der Waals surface area contributed by atoms with E-state index >= 15 is 0 Å². The highest BCUT2D eigenvalue weighted by molar-refractivity contribution is 5.78. The van der Waals surface area contributed by atoms with Crippen molar-refractivity contribution in [1.82, 2.24) is 14.6 Å². The largest absolute Gasteiger partial charge is 0.228 e. The summed E-state index contributed by atoms with van der Waals surface area (Å²) in [5.41, 5.74) is 8.18. The van der Waals surface area contributed by atoms with E-state index in [1.807, 2.05) is 53.1 Å². The number of hydrogen-bond donors (Lipinski definition) is 0. The summed E-state index contributed by atoms with van der Waals surface area (Å²) in [5.74, 6) is 0. The maximum atomic E-state index is 5.05. The highest BCUT2D eigenvalue weighted by Gasteiger charge is 2.19. The first-order valence-corrected chi connectivity index (χ1v) is 10.0. The number of rotatable bonds is 5. The quantitative estimate of drug-likeness (QED) is 0.324. The fourth-order valence-electron chi connectivity index (χ4n) is 3.85. The van der Waals surface area contributed by atoms with Crippen LogP contribution in [0.5, 0.6) is 0 Å². The predicted octanol–water partition coefficient (Wildman–Crippen LogP) is 6.46. The Hall–Kier alpha value is -3.98. The standard InChI is InChI=1S/C27H21N3/c1-2-12-23-26(21-15-8-4-9-16-21)28-25-19-24(20-13-6-3-7-14-20)29-30(25)27(23)22-17-10-5-11-18-22/h2-11,13-19H,1,12H2. The van der Waals surface area contributed by atoms with Crippen molar-refractivity contribution in [2.24, 2.45) is 0 Å².